The largest absolute Gasteiger partial charge is 0.381 e. The van der Waals surface area contributed by atoms with Crippen molar-refractivity contribution in [2.24, 2.45) is 5.92 Å². The van der Waals surface area contributed by atoms with Crippen molar-refractivity contribution in [2.45, 2.75) is 25.7 Å². The molecule has 1 aromatic rings. The van der Waals surface area contributed by atoms with Crippen LogP contribution in [0.4, 0.5) is 0 Å². The molecule has 0 saturated carbocycles. The fourth-order valence-corrected chi connectivity index (χ4v) is 2.24. The second-order valence-corrected chi connectivity index (χ2v) is 4.75. The van der Waals surface area contributed by atoms with Gasteiger partial charge in [0, 0.05) is 25.5 Å². The zero-order valence-electron chi connectivity index (χ0n) is 10.4. The predicted molar refractivity (Wildman–Crippen MR) is 69.0 cm³/mol. The highest BCUT2D eigenvalue weighted by molar-refractivity contribution is 5.08. The number of aromatic nitrogens is 1. The minimum atomic E-state index is 0.724. The Hall–Kier alpha value is -0.930. The van der Waals surface area contributed by atoms with Crippen LogP contribution < -0.4 is 5.32 Å². The summed E-state index contributed by atoms with van der Waals surface area (Å²) in [4.78, 5) is 4.11. The van der Waals surface area contributed by atoms with Crippen LogP contribution in [-0.4, -0.2) is 31.3 Å². The molecule has 1 N–H and O–H groups in total. The van der Waals surface area contributed by atoms with Gasteiger partial charge >= 0.3 is 0 Å². The van der Waals surface area contributed by atoms with E-state index in [0.29, 0.717) is 0 Å². The molecule has 0 aromatic carbocycles. The van der Waals surface area contributed by atoms with Gasteiger partial charge in [-0.25, -0.2) is 0 Å². The van der Waals surface area contributed by atoms with Crippen LogP contribution >= 0.6 is 0 Å². The Balaban J connectivity index is 1.51. The van der Waals surface area contributed by atoms with Crippen molar-refractivity contribution in [1.82, 2.24) is 10.3 Å². The van der Waals surface area contributed by atoms with Gasteiger partial charge in [0.05, 0.1) is 6.61 Å². The average molecular weight is 234 g/mol. The number of aryl methyl sites for hydroxylation is 1. The summed E-state index contributed by atoms with van der Waals surface area (Å²) in [5, 5.41) is 3.41. The lowest BCUT2D eigenvalue weighted by atomic mass is 10.0. The average Bonchev–Trinajstić information content (AvgIpc) is 2.41. The van der Waals surface area contributed by atoms with Crippen LogP contribution in [0, 0.1) is 5.92 Å². The van der Waals surface area contributed by atoms with Crippen molar-refractivity contribution < 1.29 is 4.74 Å². The standard InChI is InChI=1S/C14H22N2O/c1-4-13(10-15-7-1)6-3-9-17-12-14-5-2-8-16-11-14/h1,4,7,10,14,16H,2-3,5-6,8-9,11-12H2. The monoisotopic (exact) mass is 234 g/mol. The van der Waals surface area contributed by atoms with E-state index < -0.39 is 0 Å². The van der Waals surface area contributed by atoms with Crippen LogP contribution in [0.15, 0.2) is 24.5 Å². The molecule has 0 spiro atoms. The number of rotatable bonds is 6. The SMILES string of the molecule is c1cncc(CCCOCC2CCCNC2)c1. The first-order valence-electron chi connectivity index (χ1n) is 6.62. The molecule has 0 bridgehead atoms. The van der Waals surface area contributed by atoms with E-state index in [1.807, 2.05) is 18.5 Å². The van der Waals surface area contributed by atoms with E-state index in [9.17, 15) is 0 Å². The van der Waals surface area contributed by atoms with Gasteiger partial charge in [-0.3, -0.25) is 4.98 Å². The van der Waals surface area contributed by atoms with Crippen LogP contribution in [0.25, 0.3) is 0 Å². The summed E-state index contributed by atoms with van der Waals surface area (Å²) in [5.74, 6) is 0.724. The normalized spacial score (nSPS) is 20.4. The molecule has 17 heavy (non-hydrogen) atoms. The lowest BCUT2D eigenvalue weighted by Crippen LogP contribution is -2.32. The van der Waals surface area contributed by atoms with Gasteiger partial charge in [0.2, 0.25) is 0 Å². The summed E-state index contributed by atoms with van der Waals surface area (Å²) in [5.41, 5.74) is 1.30. The molecule has 1 saturated heterocycles. The number of ether oxygens (including phenoxy) is 1. The Morgan fingerprint density at radius 1 is 1.47 bits per heavy atom. The van der Waals surface area contributed by atoms with E-state index in [0.717, 1.165) is 38.5 Å². The van der Waals surface area contributed by atoms with E-state index >= 15 is 0 Å². The van der Waals surface area contributed by atoms with Crippen LogP contribution in [-0.2, 0) is 11.2 Å². The molecule has 0 amide bonds. The topological polar surface area (TPSA) is 34.1 Å². The van der Waals surface area contributed by atoms with Crippen molar-refractivity contribution >= 4 is 0 Å². The molecule has 3 nitrogen and oxygen atoms in total. The van der Waals surface area contributed by atoms with Crippen LogP contribution in [0.2, 0.25) is 0 Å². The van der Waals surface area contributed by atoms with Crippen LogP contribution in [0.1, 0.15) is 24.8 Å². The summed E-state index contributed by atoms with van der Waals surface area (Å²) < 4.78 is 5.73. The first-order valence-corrected chi connectivity index (χ1v) is 6.62. The highest BCUT2D eigenvalue weighted by Crippen LogP contribution is 2.10. The summed E-state index contributed by atoms with van der Waals surface area (Å²) in [6, 6.07) is 4.11. The predicted octanol–water partition coefficient (Wildman–Crippen LogP) is 2.03. The van der Waals surface area contributed by atoms with E-state index in [1.54, 1.807) is 0 Å². The summed E-state index contributed by atoms with van der Waals surface area (Å²) in [6.07, 6.45) is 8.52. The molecule has 1 atom stereocenters. The number of nitrogens with one attached hydrogen (secondary N) is 1. The van der Waals surface area contributed by atoms with Crippen LogP contribution in [0.5, 0.6) is 0 Å². The smallest absolute Gasteiger partial charge is 0.0506 e. The van der Waals surface area contributed by atoms with E-state index in [2.05, 4.69) is 16.4 Å². The summed E-state index contributed by atoms with van der Waals surface area (Å²) in [6.45, 7) is 4.09. The Kier molecular flexibility index (Phi) is 5.46. The number of pyridine rings is 1. The molecule has 3 heteroatoms. The molecule has 1 aromatic heterocycles. The van der Waals surface area contributed by atoms with Gasteiger partial charge in [0.1, 0.15) is 0 Å². The molecule has 1 aliphatic heterocycles. The molecule has 1 aliphatic rings. The van der Waals surface area contributed by atoms with Gasteiger partial charge in [-0.2, -0.15) is 0 Å². The number of nitrogens with zero attached hydrogens (tertiary/aromatic N) is 1. The van der Waals surface area contributed by atoms with Crippen molar-refractivity contribution in [3.63, 3.8) is 0 Å². The van der Waals surface area contributed by atoms with Crippen molar-refractivity contribution in [1.29, 1.82) is 0 Å². The van der Waals surface area contributed by atoms with Gasteiger partial charge in [0.15, 0.2) is 0 Å². The fourth-order valence-electron chi connectivity index (χ4n) is 2.24. The zero-order chi connectivity index (χ0) is 11.8. The molecular formula is C14H22N2O. The minimum Gasteiger partial charge on any atom is -0.381 e. The second kappa shape index (κ2) is 7.41. The van der Waals surface area contributed by atoms with E-state index in [4.69, 9.17) is 4.74 Å². The van der Waals surface area contributed by atoms with Crippen molar-refractivity contribution in [3.8, 4) is 0 Å². The lowest BCUT2D eigenvalue weighted by molar-refractivity contribution is 0.0883. The maximum absolute atomic E-state index is 5.73. The van der Waals surface area contributed by atoms with Gasteiger partial charge in [0.25, 0.3) is 0 Å². The van der Waals surface area contributed by atoms with E-state index in [1.165, 1.54) is 24.9 Å². The maximum Gasteiger partial charge on any atom is 0.0506 e. The molecule has 0 radical (unpaired) electrons. The number of piperidine rings is 1. The Morgan fingerprint density at radius 2 is 2.47 bits per heavy atom. The zero-order valence-corrected chi connectivity index (χ0v) is 10.4. The van der Waals surface area contributed by atoms with Gasteiger partial charge < -0.3 is 10.1 Å². The van der Waals surface area contributed by atoms with Crippen LogP contribution in [0.3, 0.4) is 0 Å². The fraction of sp³-hybridized carbons (Fsp3) is 0.643. The highest BCUT2D eigenvalue weighted by atomic mass is 16.5. The lowest BCUT2D eigenvalue weighted by Gasteiger charge is -2.22. The number of hydrogen-bond acceptors (Lipinski definition) is 3. The second-order valence-electron chi connectivity index (χ2n) is 4.75. The molecule has 0 aliphatic carbocycles. The van der Waals surface area contributed by atoms with Gasteiger partial charge in [-0.15, -0.1) is 0 Å². The first-order chi connectivity index (χ1) is 8.45. The quantitative estimate of drug-likeness (QED) is 0.765. The Bertz CT molecular complexity index is 296. The van der Waals surface area contributed by atoms with E-state index in [-0.39, 0.29) is 0 Å². The van der Waals surface area contributed by atoms with Crippen molar-refractivity contribution in [3.05, 3.63) is 30.1 Å². The summed E-state index contributed by atoms with van der Waals surface area (Å²) >= 11 is 0. The molecule has 1 unspecified atom stereocenters. The third kappa shape index (κ3) is 4.84. The Morgan fingerprint density at radius 3 is 3.24 bits per heavy atom. The van der Waals surface area contributed by atoms with Crippen molar-refractivity contribution in [2.75, 3.05) is 26.3 Å². The summed E-state index contributed by atoms with van der Waals surface area (Å²) in [7, 11) is 0. The molecular weight excluding hydrogens is 212 g/mol. The molecule has 1 fully saturated rings. The Labute approximate surface area is 104 Å². The molecule has 2 rings (SSSR count). The van der Waals surface area contributed by atoms with Gasteiger partial charge in [-0.1, -0.05) is 6.07 Å². The highest BCUT2D eigenvalue weighted by Gasteiger charge is 2.12. The third-order valence-electron chi connectivity index (χ3n) is 3.23. The molecule has 2 heterocycles. The third-order valence-corrected chi connectivity index (χ3v) is 3.23. The maximum atomic E-state index is 5.73. The van der Waals surface area contributed by atoms with Gasteiger partial charge in [-0.05, 0) is 49.8 Å². The minimum absolute atomic E-state index is 0.724. The molecule has 94 valence electrons. The first kappa shape index (κ1) is 12.5. The number of hydrogen-bond donors (Lipinski definition) is 1.